The van der Waals surface area contributed by atoms with Crippen LogP contribution in [0, 0.1) is 12.7 Å². The van der Waals surface area contributed by atoms with Gasteiger partial charge in [0.25, 0.3) is 0 Å². The average Bonchev–Trinajstić information content (AvgIpc) is 2.63. The lowest BCUT2D eigenvalue weighted by atomic mass is 9.80. The molecule has 0 unspecified atom stereocenters. The summed E-state index contributed by atoms with van der Waals surface area (Å²) in [5.41, 5.74) is 1.27. The fourth-order valence-electron chi connectivity index (χ4n) is 1.60. The van der Waals surface area contributed by atoms with Crippen molar-refractivity contribution in [2.75, 3.05) is 0 Å². The molecule has 1 heterocycles. The summed E-state index contributed by atoms with van der Waals surface area (Å²) in [6.45, 7) is 2.03. The summed E-state index contributed by atoms with van der Waals surface area (Å²) >= 11 is 5.86. The van der Waals surface area contributed by atoms with Gasteiger partial charge < -0.3 is 10.0 Å². The van der Waals surface area contributed by atoms with Crippen molar-refractivity contribution in [3.05, 3.63) is 46.5 Å². The molecule has 4 nitrogen and oxygen atoms in total. The number of benzene rings is 1. The zero-order valence-corrected chi connectivity index (χ0v) is 10.4. The SMILES string of the molecule is Cc1c(Cl)cnn1Cc1ccc(B(O)O)cc1F. The molecule has 0 radical (unpaired) electrons. The van der Waals surface area contributed by atoms with Crippen molar-refractivity contribution in [1.82, 2.24) is 9.78 Å². The second-order valence-electron chi connectivity index (χ2n) is 3.96. The standard InChI is InChI=1S/C11H11BClFN2O2/c1-7-10(13)5-15-16(7)6-8-2-3-9(12(17)18)4-11(8)14/h2-5,17-18H,6H2,1H3. The van der Waals surface area contributed by atoms with Gasteiger partial charge in [-0.3, -0.25) is 4.68 Å². The quantitative estimate of drug-likeness (QED) is 0.806. The molecule has 2 aromatic rings. The molecule has 2 rings (SSSR count). The molecule has 0 spiro atoms. The number of nitrogens with zero attached hydrogens (tertiary/aromatic N) is 2. The average molecular weight is 268 g/mol. The van der Waals surface area contributed by atoms with Gasteiger partial charge >= 0.3 is 7.12 Å². The van der Waals surface area contributed by atoms with E-state index in [0.29, 0.717) is 10.6 Å². The van der Waals surface area contributed by atoms with Crippen molar-refractivity contribution >= 4 is 24.2 Å². The normalized spacial score (nSPS) is 10.7. The highest BCUT2D eigenvalue weighted by Gasteiger charge is 2.14. The van der Waals surface area contributed by atoms with E-state index >= 15 is 0 Å². The van der Waals surface area contributed by atoms with Gasteiger partial charge in [0.2, 0.25) is 0 Å². The molecule has 2 N–H and O–H groups in total. The molecule has 0 bridgehead atoms. The van der Waals surface area contributed by atoms with E-state index in [4.69, 9.17) is 21.6 Å². The van der Waals surface area contributed by atoms with Gasteiger partial charge in [0.1, 0.15) is 5.82 Å². The van der Waals surface area contributed by atoms with Crippen LogP contribution in [-0.4, -0.2) is 26.9 Å². The van der Waals surface area contributed by atoms with Gasteiger partial charge in [0.15, 0.2) is 0 Å². The molecule has 0 aliphatic carbocycles. The van der Waals surface area contributed by atoms with E-state index in [-0.39, 0.29) is 12.0 Å². The molecule has 0 aliphatic heterocycles. The second kappa shape index (κ2) is 5.10. The van der Waals surface area contributed by atoms with Crippen LogP contribution >= 0.6 is 11.6 Å². The lowest BCUT2D eigenvalue weighted by Gasteiger charge is -2.07. The molecular weight excluding hydrogens is 257 g/mol. The Morgan fingerprint density at radius 1 is 1.44 bits per heavy atom. The van der Waals surface area contributed by atoms with E-state index in [0.717, 1.165) is 11.8 Å². The van der Waals surface area contributed by atoms with E-state index in [9.17, 15) is 4.39 Å². The van der Waals surface area contributed by atoms with Gasteiger partial charge in [-0.1, -0.05) is 23.7 Å². The Balaban J connectivity index is 2.27. The van der Waals surface area contributed by atoms with Crippen LogP contribution in [0.25, 0.3) is 0 Å². The van der Waals surface area contributed by atoms with Crippen LogP contribution in [0.2, 0.25) is 5.02 Å². The highest BCUT2D eigenvalue weighted by Crippen LogP contribution is 2.15. The third-order valence-corrected chi connectivity index (χ3v) is 3.11. The molecule has 1 aromatic heterocycles. The topological polar surface area (TPSA) is 58.3 Å². The molecule has 0 amide bonds. The first-order valence-electron chi connectivity index (χ1n) is 5.31. The Kier molecular flexibility index (Phi) is 3.70. The number of halogens is 2. The van der Waals surface area contributed by atoms with Crippen molar-refractivity contribution in [2.24, 2.45) is 0 Å². The largest absolute Gasteiger partial charge is 0.488 e. The Hall–Kier alpha value is -1.37. The maximum Gasteiger partial charge on any atom is 0.488 e. The van der Waals surface area contributed by atoms with Crippen LogP contribution in [0.4, 0.5) is 4.39 Å². The first kappa shape index (κ1) is 13.1. The fourth-order valence-corrected chi connectivity index (χ4v) is 1.74. The Morgan fingerprint density at radius 2 is 2.17 bits per heavy atom. The molecule has 0 atom stereocenters. The molecule has 94 valence electrons. The highest BCUT2D eigenvalue weighted by molar-refractivity contribution is 6.58. The number of rotatable bonds is 3. The minimum atomic E-state index is -1.67. The first-order chi connectivity index (χ1) is 8.49. The summed E-state index contributed by atoms with van der Waals surface area (Å²) in [6, 6.07) is 4.06. The minimum absolute atomic E-state index is 0.117. The summed E-state index contributed by atoms with van der Waals surface area (Å²) < 4.78 is 15.3. The van der Waals surface area contributed by atoms with E-state index in [2.05, 4.69) is 5.10 Å². The van der Waals surface area contributed by atoms with Crippen LogP contribution in [0.1, 0.15) is 11.3 Å². The van der Waals surface area contributed by atoms with E-state index < -0.39 is 12.9 Å². The van der Waals surface area contributed by atoms with E-state index in [1.165, 1.54) is 18.3 Å². The van der Waals surface area contributed by atoms with Crippen molar-refractivity contribution < 1.29 is 14.4 Å². The summed E-state index contributed by atoms with van der Waals surface area (Å²) in [6.07, 6.45) is 1.50. The van der Waals surface area contributed by atoms with Crippen LogP contribution in [0.3, 0.4) is 0 Å². The minimum Gasteiger partial charge on any atom is -0.423 e. The zero-order chi connectivity index (χ0) is 13.3. The van der Waals surface area contributed by atoms with Crippen LogP contribution in [0.5, 0.6) is 0 Å². The van der Waals surface area contributed by atoms with Gasteiger partial charge in [-0.05, 0) is 18.5 Å². The molecule has 7 heteroatoms. The first-order valence-corrected chi connectivity index (χ1v) is 5.69. The third-order valence-electron chi connectivity index (χ3n) is 2.74. The van der Waals surface area contributed by atoms with Gasteiger partial charge in [0, 0.05) is 5.56 Å². The molecule has 0 fully saturated rings. The molecule has 0 aliphatic rings. The maximum atomic E-state index is 13.7. The third kappa shape index (κ3) is 2.55. The molecule has 1 aromatic carbocycles. The molecular formula is C11H11BClFN2O2. The monoisotopic (exact) mass is 268 g/mol. The summed E-state index contributed by atoms with van der Waals surface area (Å²) in [5, 5.41) is 22.4. The lowest BCUT2D eigenvalue weighted by Crippen LogP contribution is -2.30. The van der Waals surface area contributed by atoms with Crippen molar-refractivity contribution in [1.29, 1.82) is 0 Å². The molecule has 0 saturated carbocycles. The molecule has 18 heavy (non-hydrogen) atoms. The molecule has 0 saturated heterocycles. The van der Waals surface area contributed by atoms with Gasteiger partial charge in [-0.15, -0.1) is 0 Å². The van der Waals surface area contributed by atoms with Crippen molar-refractivity contribution in [3.63, 3.8) is 0 Å². The summed E-state index contributed by atoms with van der Waals surface area (Å²) in [4.78, 5) is 0. The van der Waals surface area contributed by atoms with Gasteiger partial charge in [0.05, 0.1) is 23.5 Å². The number of aromatic nitrogens is 2. The van der Waals surface area contributed by atoms with E-state index in [1.54, 1.807) is 11.6 Å². The zero-order valence-electron chi connectivity index (χ0n) is 9.64. The fraction of sp³-hybridized carbons (Fsp3) is 0.182. The van der Waals surface area contributed by atoms with Crippen LogP contribution in [0.15, 0.2) is 24.4 Å². The lowest BCUT2D eigenvalue weighted by molar-refractivity contribution is 0.425. The smallest absolute Gasteiger partial charge is 0.423 e. The predicted molar refractivity (Wildman–Crippen MR) is 67.3 cm³/mol. The van der Waals surface area contributed by atoms with E-state index in [1.807, 2.05) is 0 Å². The predicted octanol–water partition coefficient (Wildman–Crippen LogP) is 0.712. The highest BCUT2D eigenvalue weighted by atomic mass is 35.5. The summed E-state index contributed by atoms with van der Waals surface area (Å²) in [5.74, 6) is -0.508. The maximum absolute atomic E-state index is 13.7. The Morgan fingerprint density at radius 3 is 2.67 bits per heavy atom. The van der Waals surface area contributed by atoms with Gasteiger partial charge in [-0.25, -0.2) is 4.39 Å². The van der Waals surface area contributed by atoms with Crippen LogP contribution in [-0.2, 0) is 6.54 Å². The Labute approximate surface area is 109 Å². The van der Waals surface area contributed by atoms with Crippen LogP contribution < -0.4 is 5.46 Å². The number of hydrogen-bond acceptors (Lipinski definition) is 3. The van der Waals surface area contributed by atoms with Gasteiger partial charge in [-0.2, -0.15) is 5.10 Å². The Bertz CT molecular complexity index is 574. The summed E-state index contributed by atoms with van der Waals surface area (Å²) in [7, 11) is -1.67. The van der Waals surface area contributed by atoms with Crippen molar-refractivity contribution in [3.8, 4) is 0 Å². The second-order valence-corrected chi connectivity index (χ2v) is 4.37. The van der Waals surface area contributed by atoms with Crippen molar-refractivity contribution in [2.45, 2.75) is 13.5 Å². The number of hydrogen-bond donors (Lipinski definition) is 2.